The van der Waals surface area contributed by atoms with Crippen LogP contribution in [0.5, 0.6) is 0 Å². The molecule has 1 aromatic heterocycles. The molecule has 1 unspecified atom stereocenters. The van der Waals surface area contributed by atoms with Gasteiger partial charge in [-0.05, 0) is 19.1 Å². The van der Waals surface area contributed by atoms with Crippen LogP contribution >= 0.6 is 0 Å². The topological polar surface area (TPSA) is 99.4 Å². The molecule has 0 spiro atoms. The predicted octanol–water partition coefficient (Wildman–Crippen LogP) is 0.114. The van der Waals surface area contributed by atoms with E-state index in [1.807, 2.05) is 0 Å². The number of esters is 1. The minimum atomic E-state index is -0.954. The first kappa shape index (κ1) is 14.0. The second kappa shape index (κ2) is 6.61. The van der Waals surface area contributed by atoms with Crippen LogP contribution in [-0.4, -0.2) is 35.2 Å². The van der Waals surface area contributed by atoms with Gasteiger partial charge in [0.2, 0.25) is 0 Å². The summed E-state index contributed by atoms with van der Waals surface area (Å²) in [7, 11) is 0. The van der Waals surface area contributed by atoms with Crippen LogP contribution in [0.15, 0.2) is 24.5 Å². The minimum absolute atomic E-state index is 0.250. The van der Waals surface area contributed by atoms with Crippen molar-refractivity contribution in [3.8, 4) is 0 Å². The van der Waals surface area contributed by atoms with Crippen molar-refractivity contribution >= 4 is 17.5 Å². The highest BCUT2D eigenvalue weighted by Crippen LogP contribution is 2.01. The Labute approximate surface area is 104 Å². The third kappa shape index (κ3) is 4.42. The first-order valence-corrected chi connectivity index (χ1v) is 5.35. The number of ketones is 2. The average Bonchev–Trinajstić information content (AvgIpc) is 2.35. The van der Waals surface area contributed by atoms with E-state index in [0.29, 0.717) is 5.56 Å². The van der Waals surface area contributed by atoms with Crippen LogP contribution < -0.4 is 5.73 Å². The standard InChI is InChI=1S/C12H14N2O4/c1-8(15)5-11(16)18-7-10(13)12(17)9-3-2-4-14-6-9/h2-4,6,10H,5,7,13H2,1H3. The summed E-state index contributed by atoms with van der Waals surface area (Å²) in [6.07, 6.45) is 2.61. The molecule has 0 aliphatic rings. The second-order valence-corrected chi connectivity index (χ2v) is 3.77. The number of pyridine rings is 1. The molecule has 0 bridgehead atoms. The molecule has 6 heteroatoms. The molecule has 0 amide bonds. The van der Waals surface area contributed by atoms with E-state index < -0.39 is 12.0 Å². The van der Waals surface area contributed by atoms with Gasteiger partial charge >= 0.3 is 5.97 Å². The quantitative estimate of drug-likeness (QED) is 0.437. The van der Waals surface area contributed by atoms with Gasteiger partial charge in [0.1, 0.15) is 24.9 Å². The van der Waals surface area contributed by atoms with Gasteiger partial charge in [0.15, 0.2) is 5.78 Å². The van der Waals surface area contributed by atoms with Gasteiger partial charge in [0.05, 0.1) is 0 Å². The second-order valence-electron chi connectivity index (χ2n) is 3.77. The Morgan fingerprint density at radius 3 is 2.72 bits per heavy atom. The van der Waals surface area contributed by atoms with Gasteiger partial charge in [-0.25, -0.2) is 0 Å². The van der Waals surface area contributed by atoms with Crippen LogP contribution in [0.4, 0.5) is 0 Å². The third-order valence-electron chi connectivity index (χ3n) is 2.10. The molecule has 0 aliphatic heterocycles. The Balaban J connectivity index is 2.46. The van der Waals surface area contributed by atoms with Crippen LogP contribution in [0.25, 0.3) is 0 Å². The first-order valence-electron chi connectivity index (χ1n) is 5.35. The zero-order valence-electron chi connectivity index (χ0n) is 9.96. The van der Waals surface area contributed by atoms with Crippen molar-refractivity contribution in [2.75, 3.05) is 6.61 Å². The number of carbonyl (C=O) groups excluding carboxylic acids is 3. The molecule has 1 rings (SSSR count). The van der Waals surface area contributed by atoms with Gasteiger partial charge in [-0.15, -0.1) is 0 Å². The third-order valence-corrected chi connectivity index (χ3v) is 2.10. The Morgan fingerprint density at radius 2 is 2.17 bits per heavy atom. The fourth-order valence-corrected chi connectivity index (χ4v) is 1.24. The summed E-state index contributed by atoms with van der Waals surface area (Å²) < 4.78 is 4.73. The summed E-state index contributed by atoms with van der Waals surface area (Å²) >= 11 is 0. The van der Waals surface area contributed by atoms with Crippen molar-refractivity contribution < 1.29 is 19.1 Å². The normalized spacial score (nSPS) is 11.7. The van der Waals surface area contributed by atoms with Gasteiger partial charge in [0.25, 0.3) is 0 Å². The zero-order valence-corrected chi connectivity index (χ0v) is 9.96. The maximum atomic E-state index is 11.8. The van der Waals surface area contributed by atoms with Crippen molar-refractivity contribution in [1.29, 1.82) is 0 Å². The summed E-state index contributed by atoms with van der Waals surface area (Å²) in [5.74, 6) is -1.34. The minimum Gasteiger partial charge on any atom is -0.463 e. The molecule has 1 heterocycles. The van der Waals surface area contributed by atoms with Gasteiger partial charge in [-0.1, -0.05) is 0 Å². The summed E-state index contributed by atoms with van der Waals surface area (Å²) in [5, 5.41) is 0. The highest BCUT2D eigenvalue weighted by atomic mass is 16.5. The maximum absolute atomic E-state index is 11.8. The van der Waals surface area contributed by atoms with Gasteiger partial charge < -0.3 is 10.5 Å². The molecule has 0 saturated carbocycles. The van der Waals surface area contributed by atoms with Crippen LogP contribution in [0.1, 0.15) is 23.7 Å². The number of hydrogen-bond donors (Lipinski definition) is 1. The van der Waals surface area contributed by atoms with Crippen LogP contribution in [0.3, 0.4) is 0 Å². The SMILES string of the molecule is CC(=O)CC(=O)OCC(N)C(=O)c1cccnc1. The lowest BCUT2D eigenvalue weighted by Gasteiger charge is -2.10. The summed E-state index contributed by atoms with van der Waals surface area (Å²) in [4.78, 5) is 37.3. The predicted molar refractivity (Wildman–Crippen MR) is 62.8 cm³/mol. The van der Waals surface area contributed by atoms with Crippen molar-refractivity contribution in [2.45, 2.75) is 19.4 Å². The van der Waals surface area contributed by atoms with Gasteiger partial charge in [0, 0.05) is 18.0 Å². The fourth-order valence-electron chi connectivity index (χ4n) is 1.24. The molecule has 6 nitrogen and oxygen atoms in total. The molecular formula is C12H14N2O4. The van der Waals surface area contributed by atoms with E-state index in [1.54, 1.807) is 12.1 Å². The number of nitrogens with two attached hydrogens (primary N) is 1. The molecular weight excluding hydrogens is 236 g/mol. The lowest BCUT2D eigenvalue weighted by molar-refractivity contribution is -0.145. The number of nitrogens with zero attached hydrogens (tertiary/aromatic N) is 1. The number of carbonyl (C=O) groups is 3. The Morgan fingerprint density at radius 1 is 1.44 bits per heavy atom. The number of Topliss-reactive ketones (excluding diaryl/α,β-unsaturated/α-hetero) is 2. The highest BCUT2D eigenvalue weighted by molar-refractivity contribution is 6.00. The molecule has 96 valence electrons. The zero-order chi connectivity index (χ0) is 13.5. The molecule has 1 aromatic rings. The van der Waals surface area contributed by atoms with Crippen molar-refractivity contribution in [3.05, 3.63) is 30.1 Å². The van der Waals surface area contributed by atoms with E-state index in [4.69, 9.17) is 10.5 Å². The van der Waals surface area contributed by atoms with Gasteiger partial charge in [-0.2, -0.15) is 0 Å². The summed E-state index contributed by atoms with van der Waals surface area (Å²) in [6.45, 7) is 1.03. The van der Waals surface area contributed by atoms with Crippen LogP contribution in [-0.2, 0) is 14.3 Å². The molecule has 0 aliphatic carbocycles. The Hall–Kier alpha value is -2.08. The highest BCUT2D eigenvalue weighted by Gasteiger charge is 2.18. The fraction of sp³-hybridized carbons (Fsp3) is 0.333. The molecule has 1 atom stereocenters. The van der Waals surface area contributed by atoms with E-state index in [0.717, 1.165) is 0 Å². The van der Waals surface area contributed by atoms with E-state index >= 15 is 0 Å². The lowest BCUT2D eigenvalue weighted by Crippen LogP contribution is -2.36. The molecule has 18 heavy (non-hydrogen) atoms. The first-order chi connectivity index (χ1) is 8.50. The number of rotatable bonds is 6. The molecule has 0 radical (unpaired) electrons. The monoisotopic (exact) mass is 250 g/mol. The largest absolute Gasteiger partial charge is 0.463 e. The number of ether oxygens (including phenoxy) is 1. The van der Waals surface area contributed by atoms with Crippen molar-refractivity contribution in [2.24, 2.45) is 5.73 Å². The van der Waals surface area contributed by atoms with Gasteiger partial charge in [-0.3, -0.25) is 19.4 Å². The smallest absolute Gasteiger partial charge is 0.313 e. The van der Waals surface area contributed by atoms with Crippen LogP contribution in [0, 0.1) is 0 Å². The van der Waals surface area contributed by atoms with Crippen molar-refractivity contribution in [1.82, 2.24) is 4.98 Å². The number of hydrogen-bond acceptors (Lipinski definition) is 6. The Bertz CT molecular complexity index is 445. The summed E-state index contributed by atoms with van der Waals surface area (Å²) in [5.41, 5.74) is 5.94. The van der Waals surface area contributed by atoms with E-state index in [1.165, 1.54) is 19.3 Å². The van der Waals surface area contributed by atoms with Crippen LogP contribution in [0.2, 0.25) is 0 Å². The van der Waals surface area contributed by atoms with Crippen molar-refractivity contribution in [3.63, 3.8) is 0 Å². The lowest BCUT2D eigenvalue weighted by atomic mass is 10.1. The molecule has 2 N–H and O–H groups in total. The number of aromatic nitrogens is 1. The Kier molecular flexibility index (Phi) is 5.13. The van der Waals surface area contributed by atoms with E-state index in [9.17, 15) is 14.4 Å². The van der Waals surface area contributed by atoms with E-state index in [-0.39, 0.29) is 24.6 Å². The molecule has 0 saturated heterocycles. The summed E-state index contributed by atoms with van der Waals surface area (Å²) in [6, 6.07) is 2.24. The van der Waals surface area contributed by atoms with E-state index in [2.05, 4.69) is 4.98 Å². The molecule has 0 fully saturated rings. The average molecular weight is 250 g/mol. The molecule has 0 aromatic carbocycles. The maximum Gasteiger partial charge on any atom is 0.313 e.